The Kier molecular flexibility index (Phi) is 11.2. The highest BCUT2D eigenvalue weighted by Gasteiger charge is 2.58. The Bertz CT molecular complexity index is 1030. The summed E-state index contributed by atoms with van der Waals surface area (Å²) in [5.41, 5.74) is 0. The van der Waals surface area contributed by atoms with Crippen LogP contribution in [-0.2, 0) is 33.7 Å². The highest BCUT2D eigenvalue weighted by molar-refractivity contribution is 7.90. The molecule has 226 valence electrons. The topological polar surface area (TPSA) is 113 Å². The molecule has 0 spiro atoms. The van der Waals surface area contributed by atoms with Crippen LogP contribution in [0.4, 0.5) is 4.79 Å². The number of carbonyl (C=O) groups is 1. The van der Waals surface area contributed by atoms with Gasteiger partial charge in [0.2, 0.25) is 0 Å². The minimum atomic E-state index is -4.10. The third-order valence-corrected chi connectivity index (χ3v) is 8.95. The number of nitrogens with one attached hydrogen (secondary N) is 1. The third-order valence-electron chi connectivity index (χ3n) is 7.62. The fourth-order valence-electron chi connectivity index (χ4n) is 5.63. The summed E-state index contributed by atoms with van der Waals surface area (Å²) in [7, 11) is -4.10. The lowest BCUT2D eigenvalue weighted by atomic mass is 10.0. The number of rotatable bonds is 13. The Balaban J connectivity index is 1.50. The number of fused-ring (bicyclic) bond motifs is 1. The molecule has 0 saturated carbocycles. The van der Waals surface area contributed by atoms with E-state index in [4.69, 9.17) is 23.7 Å². The average molecular weight is 583 g/mol. The minimum absolute atomic E-state index is 0.0176. The predicted octanol–water partition coefficient (Wildman–Crippen LogP) is 4.58. The molecule has 10 nitrogen and oxygen atoms in total. The number of likely N-dealkylation sites (tertiary alicyclic amines) is 1. The second-order valence-electron chi connectivity index (χ2n) is 11.4. The second-order valence-corrected chi connectivity index (χ2v) is 13.1. The summed E-state index contributed by atoms with van der Waals surface area (Å²) >= 11 is 0. The lowest BCUT2D eigenvalue weighted by Gasteiger charge is -2.33. The van der Waals surface area contributed by atoms with Crippen molar-refractivity contribution in [1.29, 1.82) is 0 Å². The van der Waals surface area contributed by atoms with Gasteiger partial charge in [-0.2, -0.15) is 0 Å². The van der Waals surface area contributed by atoms with Crippen molar-refractivity contribution in [3.63, 3.8) is 0 Å². The van der Waals surface area contributed by atoms with Gasteiger partial charge in [-0.15, -0.1) is 0 Å². The van der Waals surface area contributed by atoms with Gasteiger partial charge < -0.3 is 23.7 Å². The zero-order chi connectivity index (χ0) is 28.6. The molecule has 11 heteroatoms. The van der Waals surface area contributed by atoms with E-state index in [9.17, 15) is 13.2 Å². The van der Waals surface area contributed by atoms with Crippen LogP contribution in [0.15, 0.2) is 35.2 Å². The van der Waals surface area contributed by atoms with Gasteiger partial charge >= 0.3 is 6.09 Å². The van der Waals surface area contributed by atoms with Crippen molar-refractivity contribution in [2.24, 2.45) is 0 Å². The Hall–Kier alpha value is -1.76. The van der Waals surface area contributed by atoms with Gasteiger partial charge in [0.25, 0.3) is 10.0 Å². The zero-order valence-corrected chi connectivity index (χ0v) is 24.9. The van der Waals surface area contributed by atoms with Crippen LogP contribution >= 0.6 is 0 Å². The van der Waals surface area contributed by atoms with E-state index in [1.165, 1.54) is 25.0 Å². The maximum atomic E-state index is 13.0. The summed E-state index contributed by atoms with van der Waals surface area (Å²) in [4.78, 5) is 15.3. The molecular formula is C29H46N2O8S. The molecule has 5 atom stereocenters. The zero-order valence-electron chi connectivity index (χ0n) is 24.1. The highest BCUT2D eigenvalue weighted by atomic mass is 32.2. The Morgan fingerprint density at radius 3 is 2.45 bits per heavy atom. The van der Waals surface area contributed by atoms with E-state index in [0.29, 0.717) is 13.2 Å². The van der Waals surface area contributed by atoms with Gasteiger partial charge in [-0.25, -0.2) is 17.9 Å². The Morgan fingerprint density at radius 2 is 1.75 bits per heavy atom. The standard InChI is InChI=1S/C29H46N2O8S/c1-4-5-6-9-15-20-35-25-24(37-27-26(25)38-29(2,3)39-27)23(21-31-18-13-7-8-14-19-31)36-28(32)30-40(33,34)22-16-11-10-12-17-22/h10-12,16-17,23-27H,4-9,13-15,18-21H2,1-3H3,(H,30,32)/t23?,24-,25+,26-,27-/m1/s1. The van der Waals surface area contributed by atoms with Crippen molar-refractivity contribution in [3.05, 3.63) is 30.3 Å². The summed E-state index contributed by atoms with van der Waals surface area (Å²) < 4.78 is 58.4. The van der Waals surface area contributed by atoms with Crippen LogP contribution in [0, 0.1) is 0 Å². The third kappa shape index (κ3) is 8.62. The van der Waals surface area contributed by atoms with E-state index in [2.05, 4.69) is 16.5 Å². The van der Waals surface area contributed by atoms with Crippen molar-refractivity contribution in [1.82, 2.24) is 9.62 Å². The molecule has 1 aromatic rings. The number of benzene rings is 1. The summed E-state index contributed by atoms with van der Waals surface area (Å²) in [6, 6.07) is 7.74. The van der Waals surface area contributed by atoms with Crippen LogP contribution in [0.5, 0.6) is 0 Å². The second kappa shape index (κ2) is 14.4. The summed E-state index contributed by atoms with van der Waals surface area (Å²) in [5.74, 6) is -0.828. The lowest BCUT2D eigenvalue weighted by Crippen LogP contribution is -2.50. The number of nitrogens with zero attached hydrogens (tertiary/aromatic N) is 1. The maximum Gasteiger partial charge on any atom is 0.421 e. The monoisotopic (exact) mass is 582 g/mol. The van der Waals surface area contributed by atoms with E-state index in [1.54, 1.807) is 18.2 Å². The van der Waals surface area contributed by atoms with Crippen LogP contribution in [0.25, 0.3) is 0 Å². The molecule has 1 aromatic carbocycles. The largest absolute Gasteiger partial charge is 0.441 e. The van der Waals surface area contributed by atoms with Crippen LogP contribution in [0.1, 0.15) is 78.6 Å². The van der Waals surface area contributed by atoms with Crippen LogP contribution in [0.3, 0.4) is 0 Å². The van der Waals surface area contributed by atoms with Crippen LogP contribution < -0.4 is 4.72 Å². The van der Waals surface area contributed by atoms with Crippen LogP contribution in [-0.4, -0.2) is 82.1 Å². The number of amides is 1. The highest BCUT2D eigenvalue weighted by Crippen LogP contribution is 2.40. The normalized spacial score (nSPS) is 27.6. The van der Waals surface area contributed by atoms with Crippen LogP contribution in [0.2, 0.25) is 0 Å². The van der Waals surface area contributed by atoms with E-state index >= 15 is 0 Å². The minimum Gasteiger partial charge on any atom is -0.441 e. The van der Waals surface area contributed by atoms with Gasteiger partial charge in [0.1, 0.15) is 24.4 Å². The number of sulfonamides is 1. The molecule has 0 aromatic heterocycles. The molecule has 3 fully saturated rings. The van der Waals surface area contributed by atoms with Gasteiger partial charge in [0.05, 0.1) is 4.90 Å². The van der Waals surface area contributed by atoms with Gasteiger partial charge in [-0.1, -0.05) is 63.6 Å². The fraction of sp³-hybridized carbons (Fsp3) is 0.759. The quantitative estimate of drug-likeness (QED) is 0.334. The molecule has 0 bridgehead atoms. The van der Waals surface area contributed by atoms with Crippen molar-refractivity contribution >= 4 is 16.1 Å². The number of unbranched alkanes of at least 4 members (excludes halogenated alkanes) is 4. The molecule has 3 aliphatic rings. The van der Waals surface area contributed by atoms with Crippen molar-refractivity contribution < 1.29 is 36.9 Å². The van der Waals surface area contributed by atoms with E-state index in [0.717, 1.165) is 58.0 Å². The molecular weight excluding hydrogens is 536 g/mol. The number of ether oxygens (including phenoxy) is 5. The van der Waals surface area contributed by atoms with Gasteiger partial charge in [0, 0.05) is 13.2 Å². The average Bonchev–Trinajstić information content (AvgIpc) is 3.24. The SMILES string of the molecule is CCCCCCCO[C@@H]1[C@H]2OC(C)(C)O[C@H]2O[C@@H]1C(CN1CCCCCC1)OC(=O)NS(=O)(=O)c1ccccc1. The van der Waals surface area contributed by atoms with Gasteiger partial charge in [-0.3, -0.25) is 4.90 Å². The van der Waals surface area contributed by atoms with Crippen molar-refractivity contribution in [2.45, 2.75) is 120 Å². The summed E-state index contributed by atoms with van der Waals surface area (Å²) in [5, 5.41) is 0. The smallest absolute Gasteiger partial charge is 0.421 e. The molecule has 3 saturated heterocycles. The van der Waals surface area contributed by atoms with E-state index in [1.807, 2.05) is 13.8 Å². The molecule has 1 amide bonds. The predicted molar refractivity (Wildman–Crippen MR) is 149 cm³/mol. The number of carbonyl (C=O) groups excluding carboxylic acids is 1. The van der Waals surface area contributed by atoms with Gasteiger partial charge in [0.15, 0.2) is 12.1 Å². The molecule has 1 unspecified atom stereocenters. The fourth-order valence-corrected chi connectivity index (χ4v) is 6.53. The Morgan fingerprint density at radius 1 is 1.05 bits per heavy atom. The van der Waals surface area contributed by atoms with Crippen molar-refractivity contribution in [3.8, 4) is 0 Å². The number of hydrogen-bond donors (Lipinski definition) is 1. The molecule has 1 N–H and O–H groups in total. The summed E-state index contributed by atoms with van der Waals surface area (Å²) in [6.07, 6.45) is 5.67. The van der Waals surface area contributed by atoms with E-state index in [-0.39, 0.29) is 4.90 Å². The first kappa shape index (κ1) is 31.2. The van der Waals surface area contributed by atoms with E-state index < -0.39 is 52.6 Å². The molecule has 3 heterocycles. The number of hydrogen-bond acceptors (Lipinski definition) is 9. The maximum absolute atomic E-state index is 13.0. The molecule has 40 heavy (non-hydrogen) atoms. The molecule has 4 rings (SSSR count). The lowest BCUT2D eigenvalue weighted by molar-refractivity contribution is -0.230. The first-order valence-corrected chi connectivity index (χ1v) is 16.3. The van der Waals surface area contributed by atoms with Crippen molar-refractivity contribution in [2.75, 3.05) is 26.2 Å². The molecule has 3 aliphatic heterocycles. The summed E-state index contributed by atoms with van der Waals surface area (Å²) in [6.45, 7) is 8.49. The Labute approximate surface area is 239 Å². The van der Waals surface area contributed by atoms with Gasteiger partial charge in [-0.05, 0) is 58.3 Å². The molecule has 0 aliphatic carbocycles. The molecule has 0 radical (unpaired) electrons. The first-order valence-electron chi connectivity index (χ1n) is 14.8. The first-order chi connectivity index (χ1) is 19.2.